The molecule has 0 unspecified atom stereocenters. The van der Waals surface area contributed by atoms with E-state index < -0.39 is 0 Å². The first-order valence-electron chi connectivity index (χ1n) is 9.34. The Labute approximate surface area is 163 Å². The van der Waals surface area contributed by atoms with Gasteiger partial charge in [0, 0.05) is 24.4 Å². The van der Waals surface area contributed by atoms with Crippen LogP contribution < -0.4 is 14.8 Å². The third-order valence-electron chi connectivity index (χ3n) is 4.47. The molecule has 28 heavy (non-hydrogen) atoms. The molecule has 0 radical (unpaired) electrons. The average molecular weight is 378 g/mol. The Bertz CT molecular complexity index is 983. The van der Waals surface area contributed by atoms with Gasteiger partial charge in [0.25, 0.3) is 5.91 Å². The van der Waals surface area contributed by atoms with Gasteiger partial charge in [-0.25, -0.2) is 9.67 Å². The highest BCUT2D eigenvalue weighted by atomic mass is 16.5. The van der Waals surface area contributed by atoms with E-state index in [9.17, 15) is 4.79 Å². The van der Waals surface area contributed by atoms with Gasteiger partial charge in [-0.15, -0.1) is 0 Å². The second kappa shape index (κ2) is 7.72. The number of nitrogens with zero attached hydrogens (tertiary/aromatic N) is 3. The zero-order valence-corrected chi connectivity index (χ0v) is 15.9. The molecule has 0 fully saturated rings. The molecular formula is C21H22N4O3. The Morgan fingerprint density at radius 2 is 1.96 bits per heavy atom. The van der Waals surface area contributed by atoms with Crippen LogP contribution in [0.1, 0.15) is 42.2 Å². The molecule has 0 spiro atoms. The average Bonchev–Trinajstić information content (AvgIpc) is 3.02. The van der Waals surface area contributed by atoms with Crippen LogP contribution in [0.3, 0.4) is 0 Å². The third kappa shape index (κ3) is 3.55. The number of hydrogen-bond donors (Lipinski definition) is 1. The molecule has 2 aromatic heterocycles. The minimum Gasteiger partial charge on any atom is -0.490 e. The zero-order valence-electron chi connectivity index (χ0n) is 15.9. The van der Waals surface area contributed by atoms with Crippen molar-refractivity contribution in [2.45, 2.75) is 26.2 Å². The number of fused-ring (bicyclic) bond motifs is 1. The number of aromatic nitrogens is 3. The molecule has 1 aliphatic heterocycles. The normalized spacial score (nSPS) is 13.2. The lowest BCUT2D eigenvalue weighted by Gasteiger charge is -2.13. The smallest absolute Gasteiger partial charge is 0.259 e. The van der Waals surface area contributed by atoms with Crippen LogP contribution in [0.2, 0.25) is 0 Å². The van der Waals surface area contributed by atoms with Crippen LogP contribution >= 0.6 is 0 Å². The first-order valence-corrected chi connectivity index (χ1v) is 9.34. The molecule has 1 aliphatic rings. The molecule has 0 bridgehead atoms. The predicted octanol–water partition coefficient (Wildman–Crippen LogP) is 3.80. The van der Waals surface area contributed by atoms with Gasteiger partial charge in [-0.2, -0.15) is 5.10 Å². The highest BCUT2D eigenvalue weighted by molar-refractivity contribution is 6.05. The first-order chi connectivity index (χ1) is 13.6. The maximum absolute atomic E-state index is 13.0. The van der Waals surface area contributed by atoms with Crippen molar-refractivity contribution in [3.8, 4) is 17.3 Å². The van der Waals surface area contributed by atoms with Crippen molar-refractivity contribution in [3.63, 3.8) is 0 Å². The lowest BCUT2D eigenvalue weighted by molar-refractivity contribution is 0.102. The lowest BCUT2D eigenvalue weighted by Crippen LogP contribution is -2.15. The van der Waals surface area contributed by atoms with Crippen molar-refractivity contribution >= 4 is 11.6 Å². The molecule has 1 N–H and O–H groups in total. The Morgan fingerprint density at radius 3 is 2.71 bits per heavy atom. The van der Waals surface area contributed by atoms with Crippen LogP contribution in [0.5, 0.6) is 11.5 Å². The molecule has 7 nitrogen and oxygen atoms in total. The van der Waals surface area contributed by atoms with E-state index in [0.29, 0.717) is 41.8 Å². The number of rotatable bonds is 4. The summed E-state index contributed by atoms with van der Waals surface area (Å²) in [5, 5.41) is 7.34. The van der Waals surface area contributed by atoms with Crippen molar-refractivity contribution in [2.24, 2.45) is 0 Å². The summed E-state index contributed by atoms with van der Waals surface area (Å²) in [6, 6.07) is 11.0. The number of anilines is 1. The fraction of sp³-hybridized carbons (Fsp3) is 0.286. The number of carbonyl (C=O) groups excluding carboxylic acids is 1. The SMILES string of the molecule is CC(C)c1c(C(=O)Nc2ccc3c(c2)OCCCO3)cnn1-c1ccccn1. The molecule has 0 atom stereocenters. The molecule has 7 heteroatoms. The van der Waals surface area contributed by atoms with E-state index in [4.69, 9.17) is 9.47 Å². The minimum absolute atomic E-state index is 0.0917. The number of nitrogens with one attached hydrogen (secondary N) is 1. The highest BCUT2D eigenvalue weighted by Gasteiger charge is 2.22. The Hall–Kier alpha value is -3.35. The molecule has 3 aromatic rings. The van der Waals surface area contributed by atoms with Gasteiger partial charge in [0.15, 0.2) is 17.3 Å². The summed E-state index contributed by atoms with van der Waals surface area (Å²) in [5.41, 5.74) is 1.98. The molecule has 1 amide bonds. The van der Waals surface area contributed by atoms with E-state index >= 15 is 0 Å². The van der Waals surface area contributed by atoms with Crippen molar-refractivity contribution in [1.29, 1.82) is 0 Å². The summed E-state index contributed by atoms with van der Waals surface area (Å²) in [6.07, 6.45) is 4.13. The van der Waals surface area contributed by atoms with E-state index in [0.717, 1.165) is 12.1 Å². The second-order valence-electron chi connectivity index (χ2n) is 6.86. The van der Waals surface area contributed by atoms with Gasteiger partial charge in [-0.3, -0.25) is 4.79 Å². The van der Waals surface area contributed by atoms with Crippen molar-refractivity contribution in [2.75, 3.05) is 18.5 Å². The van der Waals surface area contributed by atoms with E-state index in [1.165, 1.54) is 0 Å². The van der Waals surface area contributed by atoms with E-state index in [1.807, 2.05) is 44.2 Å². The third-order valence-corrected chi connectivity index (χ3v) is 4.47. The predicted molar refractivity (Wildman–Crippen MR) is 105 cm³/mol. The number of ether oxygens (including phenoxy) is 2. The maximum atomic E-state index is 13.0. The monoisotopic (exact) mass is 378 g/mol. The zero-order chi connectivity index (χ0) is 19.5. The van der Waals surface area contributed by atoms with Gasteiger partial charge in [-0.1, -0.05) is 19.9 Å². The fourth-order valence-corrected chi connectivity index (χ4v) is 3.19. The fourth-order valence-electron chi connectivity index (χ4n) is 3.19. The van der Waals surface area contributed by atoms with Gasteiger partial charge in [-0.05, 0) is 30.2 Å². The largest absolute Gasteiger partial charge is 0.490 e. The molecule has 0 aliphatic carbocycles. The summed E-state index contributed by atoms with van der Waals surface area (Å²) in [5.74, 6) is 1.89. The van der Waals surface area contributed by atoms with Crippen LogP contribution in [-0.4, -0.2) is 33.9 Å². The summed E-state index contributed by atoms with van der Waals surface area (Å²) in [6.45, 7) is 5.28. The van der Waals surface area contributed by atoms with Gasteiger partial charge in [0.1, 0.15) is 0 Å². The molecule has 4 rings (SSSR count). The number of hydrogen-bond acceptors (Lipinski definition) is 5. The van der Waals surface area contributed by atoms with Crippen LogP contribution in [0.25, 0.3) is 5.82 Å². The summed E-state index contributed by atoms with van der Waals surface area (Å²) in [4.78, 5) is 17.3. The van der Waals surface area contributed by atoms with Gasteiger partial charge >= 0.3 is 0 Å². The summed E-state index contributed by atoms with van der Waals surface area (Å²) in [7, 11) is 0. The lowest BCUT2D eigenvalue weighted by atomic mass is 10.1. The van der Waals surface area contributed by atoms with Crippen LogP contribution in [-0.2, 0) is 0 Å². The van der Waals surface area contributed by atoms with Crippen LogP contribution in [0.15, 0.2) is 48.8 Å². The Morgan fingerprint density at radius 1 is 1.14 bits per heavy atom. The molecular weight excluding hydrogens is 356 g/mol. The Balaban J connectivity index is 1.62. The standard InChI is InChI=1S/C21H22N4O3/c1-14(2)20-16(13-23-25(20)19-6-3-4-9-22-19)21(26)24-15-7-8-17-18(12-15)28-11-5-10-27-17/h3-4,6-9,12-14H,5,10-11H2,1-2H3,(H,24,26). The Kier molecular flexibility index (Phi) is 4.97. The number of pyridine rings is 1. The van der Waals surface area contributed by atoms with Crippen molar-refractivity contribution < 1.29 is 14.3 Å². The van der Waals surface area contributed by atoms with Crippen molar-refractivity contribution in [1.82, 2.24) is 14.8 Å². The highest BCUT2D eigenvalue weighted by Crippen LogP contribution is 2.32. The molecule has 0 saturated heterocycles. The van der Waals surface area contributed by atoms with Crippen LogP contribution in [0, 0.1) is 0 Å². The molecule has 1 aromatic carbocycles. The topological polar surface area (TPSA) is 78.3 Å². The number of benzene rings is 1. The summed E-state index contributed by atoms with van der Waals surface area (Å²) < 4.78 is 13.1. The van der Waals surface area contributed by atoms with Gasteiger partial charge in [0.2, 0.25) is 0 Å². The number of carbonyl (C=O) groups is 1. The van der Waals surface area contributed by atoms with Crippen molar-refractivity contribution in [3.05, 3.63) is 60.0 Å². The van der Waals surface area contributed by atoms with E-state index in [1.54, 1.807) is 23.1 Å². The molecule has 3 heterocycles. The number of amides is 1. The van der Waals surface area contributed by atoms with Gasteiger partial charge in [0.05, 0.1) is 30.7 Å². The maximum Gasteiger partial charge on any atom is 0.259 e. The van der Waals surface area contributed by atoms with E-state index in [-0.39, 0.29) is 11.8 Å². The first kappa shape index (κ1) is 18.0. The summed E-state index contributed by atoms with van der Waals surface area (Å²) >= 11 is 0. The second-order valence-corrected chi connectivity index (χ2v) is 6.86. The van der Waals surface area contributed by atoms with Crippen LogP contribution in [0.4, 0.5) is 5.69 Å². The quantitative estimate of drug-likeness (QED) is 0.747. The molecule has 144 valence electrons. The van der Waals surface area contributed by atoms with E-state index in [2.05, 4.69) is 15.4 Å². The molecule has 0 saturated carbocycles. The van der Waals surface area contributed by atoms with Gasteiger partial charge < -0.3 is 14.8 Å². The minimum atomic E-state index is -0.222.